The van der Waals surface area contributed by atoms with Crippen molar-refractivity contribution in [1.82, 2.24) is 0 Å². The Hall–Kier alpha value is -2.29. The quantitative estimate of drug-likeness (QED) is 0.802. The molecule has 0 saturated heterocycles. The maximum Gasteiger partial charge on any atom is 0.159 e. The van der Waals surface area contributed by atoms with E-state index in [1.807, 2.05) is 43.4 Å². The number of hydrogen-bond donors (Lipinski definition) is 2. The molecule has 0 aliphatic rings. The van der Waals surface area contributed by atoms with Crippen LogP contribution in [0.4, 0.5) is 11.4 Å². The molecular formula is C16H18N2O. The van der Waals surface area contributed by atoms with E-state index < -0.39 is 0 Å². The summed E-state index contributed by atoms with van der Waals surface area (Å²) in [6.07, 6.45) is 0. The Morgan fingerprint density at radius 2 is 1.79 bits per heavy atom. The molecule has 0 aromatic heterocycles. The molecule has 2 rings (SSSR count). The van der Waals surface area contributed by atoms with Gasteiger partial charge in [0.1, 0.15) is 0 Å². The normalized spacial score (nSPS) is 10.0. The summed E-state index contributed by atoms with van der Waals surface area (Å²) >= 11 is 0. The standard InChI is InChI=1S/C16H18N2O/c1-12(19)14-6-8-15(9-7-14)18-11-13-4-3-5-16(10-13)17-2/h3-10,17-18H,11H2,1-2H3. The van der Waals surface area contributed by atoms with Gasteiger partial charge in [0.15, 0.2) is 5.78 Å². The smallest absolute Gasteiger partial charge is 0.159 e. The predicted molar refractivity (Wildman–Crippen MR) is 79.8 cm³/mol. The average Bonchev–Trinajstić information content (AvgIpc) is 2.46. The molecule has 19 heavy (non-hydrogen) atoms. The maximum absolute atomic E-state index is 11.2. The summed E-state index contributed by atoms with van der Waals surface area (Å²) in [5, 5.41) is 6.46. The van der Waals surface area contributed by atoms with Crippen LogP contribution in [-0.4, -0.2) is 12.8 Å². The van der Waals surface area contributed by atoms with E-state index in [1.165, 1.54) is 5.56 Å². The van der Waals surface area contributed by atoms with Gasteiger partial charge in [-0.15, -0.1) is 0 Å². The van der Waals surface area contributed by atoms with Crippen LogP contribution >= 0.6 is 0 Å². The lowest BCUT2D eigenvalue weighted by atomic mass is 10.1. The molecule has 0 aliphatic carbocycles. The second-order valence-corrected chi connectivity index (χ2v) is 4.44. The summed E-state index contributed by atoms with van der Waals surface area (Å²) in [5.41, 5.74) is 4.07. The first-order chi connectivity index (χ1) is 9.19. The summed E-state index contributed by atoms with van der Waals surface area (Å²) < 4.78 is 0. The zero-order valence-electron chi connectivity index (χ0n) is 11.2. The van der Waals surface area contributed by atoms with Gasteiger partial charge in [0, 0.05) is 30.5 Å². The molecule has 2 aromatic rings. The van der Waals surface area contributed by atoms with Crippen molar-refractivity contribution in [1.29, 1.82) is 0 Å². The number of anilines is 2. The Morgan fingerprint density at radius 1 is 1.05 bits per heavy atom. The van der Waals surface area contributed by atoms with Crippen molar-refractivity contribution in [3.8, 4) is 0 Å². The average molecular weight is 254 g/mol. The van der Waals surface area contributed by atoms with Crippen LogP contribution in [0.5, 0.6) is 0 Å². The molecule has 0 heterocycles. The van der Waals surface area contributed by atoms with Crippen molar-refractivity contribution >= 4 is 17.2 Å². The third-order valence-electron chi connectivity index (χ3n) is 3.00. The highest BCUT2D eigenvalue weighted by atomic mass is 16.1. The van der Waals surface area contributed by atoms with E-state index in [9.17, 15) is 4.79 Å². The molecular weight excluding hydrogens is 236 g/mol. The van der Waals surface area contributed by atoms with Crippen molar-refractivity contribution < 1.29 is 4.79 Å². The van der Waals surface area contributed by atoms with Crippen molar-refractivity contribution in [2.24, 2.45) is 0 Å². The molecule has 98 valence electrons. The van der Waals surface area contributed by atoms with Crippen LogP contribution in [0.15, 0.2) is 48.5 Å². The predicted octanol–water partition coefficient (Wildman–Crippen LogP) is 3.54. The highest BCUT2D eigenvalue weighted by Gasteiger charge is 1.99. The fourth-order valence-electron chi connectivity index (χ4n) is 1.86. The number of rotatable bonds is 5. The van der Waals surface area contributed by atoms with Gasteiger partial charge < -0.3 is 10.6 Å². The lowest BCUT2D eigenvalue weighted by Gasteiger charge is -2.08. The highest BCUT2D eigenvalue weighted by Crippen LogP contribution is 2.14. The zero-order chi connectivity index (χ0) is 13.7. The summed E-state index contributed by atoms with van der Waals surface area (Å²) in [7, 11) is 1.91. The van der Waals surface area contributed by atoms with E-state index in [0.29, 0.717) is 0 Å². The molecule has 0 unspecified atom stereocenters. The fourth-order valence-corrected chi connectivity index (χ4v) is 1.86. The Bertz CT molecular complexity index is 561. The molecule has 0 saturated carbocycles. The Labute approximate surface area is 113 Å². The summed E-state index contributed by atoms with van der Waals surface area (Å²) in [6, 6.07) is 15.8. The first-order valence-electron chi connectivity index (χ1n) is 6.30. The molecule has 0 bridgehead atoms. The molecule has 2 aromatic carbocycles. The fraction of sp³-hybridized carbons (Fsp3) is 0.188. The van der Waals surface area contributed by atoms with Gasteiger partial charge in [-0.3, -0.25) is 4.79 Å². The van der Waals surface area contributed by atoms with E-state index in [0.717, 1.165) is 23.5 Å². The minimum Gasteiger partial charge on any atom is -0.388 e. The summed E-state index contributed by atoms with van der Waals surface area (Å²) in [5.74, 6) is 0.0910. The highest BCUT2D eigenvalue weighted by molar-refractivity contribution is 5.94. The number of carbonyl (C=O) groups is 1. The Balaban J connectivity index is 1.99. The Morgan fingerprint density at radius 3 is 2.42 bits per heavy atom. The molecule has 3 heteroatoms. The summed E-state index contributed by atoms with van der Waals surface area (Å²) in [4.78, 5) is 11.2. The van der Waals surface area contributed by atoms with Crippen molar-refractivity contribution in [2.75, 3.05) is 17.7 Å². The molecule has 3 nitrogen and oxygen atoms in total. The zero-order valence-corrected chi connectivity index (χ0v) is 11.2. The summed E-state index contributed by atoms with van der Waals surface area (Å²) in [6.45, 7) is 2.33. The van der Waals surface area contributed by atoms with Crippen LogP contribution in [0.2, 0.25) is 0 Å². The second kappa shape index (κ2) is 6.05. The van der Waals surface area contributed by atoms with Gasteiger partial charge in [-0.25, -0.2) is 0 Å². The van der Waals surface area contributed by atoms with Crippen molar-refractivity contribution in [3.05, 3.63) is 59.7 Å². The van der Waals surface area contributed by atoms with E-state index in [4.69, 9.17) is 0 Å². The number of ketones is 1. The monoisotopic (exact) mass is 254 g/mol. The molecule has 0 atom stereocenters. The van der Waals surface area contributed by atoms with Gasteiger partial charge >= 0.3 is 0 Å². The maximum atomic E-state index is 11.2. The molecule has 0 amide bonds. The second-order valence-electron chi connectivity index (χ2n) is 4.44. The van der Waals surface area contributed by atoms with Crippen LogP contribution in [-0.2, 0) is 6.54 Å². The SMILES string of the molecule is CNc1cccc(CNc2ccc(C(C)=O)cc2)c1. The van der Waals surface area contributed by atoms with E-state index in [-0.39, 0.29) is 5.78 Å². The minimum absolute atomic E-state index is 0.0910. The van der Waals surface area contributed by atoms with Crippen LogP contribution in [0.1, 0.15) is 22.8 Å². The van der Waals surface area contributed by atoms with Gasteiger partial charge in [-0.2, -0.15) is 0 Å². The van der Waals surface area contributed by atoms with Crippen molar-refractivity contribution in [2.45, 2.75) is 13.5 Å². The number of hydrogen-bond acceptors (Lipinski definition) is 3. The minimum atomic E-state index is 0.0910. The third-order valence-corrected chi connectivity index (χ3v) is 3.00. The van der Waals surface area contributed by atoms with Crippen LogP contribution in [0, 0.1) is 0 Å². The van der Waals surface area contributed by atoms with Gasteiger partial charge in [0.05, 0.1) is 0 Å². The largest absolute Gasteiger partial charge is 0.388 e. The topological polar surface area (TPSA) is 41.1 Å². The molecule has 0 radical (unpaired) electrons. The third kappa shape index (κ3) is 3.58. The number of Topliss-reactive ketones (excluding diaryl/α,β-unsaturated/α-hetero) is 1. The van der Waals surface area contributed by atoms with Gasteiger partial charge in [-0.05, 0) is 48.9 Å². The Kier molecular flexibility index (Phi) is 4.18. The van der Waals surface area contributed by atoms with E-state index in [2.05, 4.69) is 22.8 Å². The first-order valence-corrected chi connectivity index (χ1v) is 6.30. The number of benzene rings is 2. The van der Waals surface area contributed by atoms with E-state index >= 15 is 0 Å². The lowest BCUT2D eigenvalue weighted by Crippen LogP contribution is -2.00. The van der Waals surface area contributed by atoms with Gasteiger partial charge in [-0.1, -0.05) is 12.1 Å². The van der Waals surface area contributed by atoms with Gasteiger partial charge in [0.25, 0.3) is 0 Å². The van der Waals surface area contributed by atoms with Gasteiger partial charge in [0.2, 0.25) is 0 Å². The van der Waals surface area contributed by atoms with Crippen LogP contribution in [0.3, 0.4) is 0 Å². The molecule has 2 N–H and O–H groups in total. The van der Waals surface area contributed by atoms with Crippen molar-refractivity contribution in [3.63, 3.8) is 0 Å². The lowest BCUT2D eigenvalue weighted by molar-refractivity contribution is 0.101. The number of carbonyl (C=O) groups excluding carboxylic acids is 1. The van der Waals surface area contributed by atoms with Crippen LogP contribution < -0.4 is 10.6 Å². The first kappa shape index (κ1) is 13.1. The number of nitrogens with one attached hydrogen (secondary N) is 2. The molecule has 0 spiro atoms. The molecule has 0 aliphatic heterocycles. The van der Waals surface area contributed by atoms with Crippen LogP contribution in [0.25, 0.3) is 0 Å². The molecule has 0 fully saturated rings. The van der Waals surface area contributed by atoms with E-state index in [1.54, 1.807) is 6.92 Å².